The second-order valence-corrected chi connectivity index (χ2v) is 6.53. The van der Waals surface area contributed by atoms with Gasteiger partial charge in [0, 0.05) is 39.3 Å². The minimum atomic E-state index is -0.541. The van der Waals surface area contributed by atoms with Crippen LogP contribution in [0.3, 0.4) is 0 Å². The molecule has 0 unspecified atom stereocenters. The van der Waals surface area contributed by atoms with Gasteiger partial charge in [-0.2, -0.15) is 5.10 Å². The molecule has 138 valence electrons. The third kappa shape index (κ3) is 3.91. The number of hydrogen-bond acceptors (Lipinski definition) is 5. The number of nitro groups is 1. The van der Waals surface area contributed by atoms with Crippen LogP contribution in [0.4, 0.5) is 5.69 Å². The Labute approximate surface area is 152 Å². The van der Waals surface area contributed by atoms with Gasteiger partial charge in [0.25, 0.3) is 5.91 Å². The Morgan fingerprint density at radius 1 is 1.27 bits per heavy atom. The predicted octanol–water partition coefficient (Wildman–Crippen LogP) is 2.08. The summed E-state index contributed by atoms with van der Waals surface area (Å²) in [4.78, 5) is 27.3. The molecule has 1 aromatic carbocycles. The van der Waals surface area contributed by atoms with Crippen molar-refractivity contribution in [2.45, 2.75) is 26.9 Å². The molecule has 2 aromatic rings. The molecule has 0 aliphatic carbocycles. The summed E-state index contributed by atoms with van der Waals surface area (Å²) >= 11 is 0. The molecule has 0 saturated carbocycles. The first-order valence-electron chi connectivity index (χ1n) is 8.77. The average molecular weight is 357 g/mol. The van der Waals surface area contributed by atoms with E-state index in [4.69, 9.17) is 0 Å². The summed E-state index contributed by atoms with van der Waals surface area (Å²) in [5.41, 5.74) is 2.19. The van der Waals surface area contributed by atoms with E-state index < -0.39 is 4.92 Å². The van der Waals surface area contributed by atoms with E-state index in [0.717, 1.165) is 19.6 Å². The van der Waals surface area contributed by atoms with E-state index in [9.17, 15) is 14.9 Å². The lowest BCUT2D eigenvalue weighted by Crippen LogP contribution is -2.48. The van der Waals surface area contributed by atoms with Crippen LogP contribution in [-0.4, -0.2) is 56.6 Å². The minimum absolute atomic E-state index is 0.0658. The Bertz CT molecular complexity index is 809. The van der Waals surface area contributed by atoms with Crippen molar-refractivity contribution in [1.82, 2.24) is 19.6 Å². The highest BCUT2D eigenvalue weighted by Crippen LogP contribution is 2.20. The molecule has 2 heterocycles. The van der Waals surface area contributed by atoms with E-state index in [0.29, 0.717) is 19.6 Å². The van der Waals surface area contributed by atoms with Crippen LogP contribution in [-0.2, 0) is 13.1 Å². The SMILES string of the molecule is CCn1cc([N+](=O)[O-])c(C(=O)N2CCN(Cc3cccc(C)c3)CC2)n1. The number of amides is 1. The molecule has 1 saturated heterocycles. The van der Waals surface area contributed by atoms with Crippen molar-refractivity contribution in [2.75, 3.05) is 26.2 Å². The van der Waals surface area contributed by atoms with Crippen molar-refractivity contribution in [3.63, 3.8) is 0 Å². The molecule has 0 bridgehead atoms. The molecule has 1 aliphatic heterocycles. The van der Waals surface area contributed by atoms with Gasteiger partial charge in [0.1, 0.15) is 6.20 Å². The molecule has 0 N–H and O–H groups in total. The molecule has 0 spiro atoms. The van der Waals surface area contributed by atoms with Crippen molar-refractivity contribution in [1.29, 1.82) is 0 Å². The Balaban J connectivity index is 1.63. The lowest BCUT2D eigenvalue weighted by molar-refractivity contribution is -0.385. The maximum absolute atomic E-state index is 12.7. The topological polar surface area (TPSA) is 84.5 Å². The molecule has 0 radical (unpaired) electrons. The number of carbonyl (C=O) groups excluding carboxylic acids is 1. The summed E-state index contributed by atoms with van der Waals surface area (Å²) in [6, 6.07) is 8.39. The van der Waals surface area contributed by atoms with Crippen LogP contribution >= 0.6 is 0 Å². The third-order valence-electron chi connectivity index (χ3n) is 4.61. The van der Waals surface area contributed by atoms with Crippen LogP contribution in [0.25, 0.3) is 0 Å². The van der Waals surface area contributed by atoms with E-state index in [2.05, 4.69) is 35.1 Å². The minimum Gasteiger partial charge on any atom is -0.334 e. The lowest BCUT2D eigenvalue weighted by Gasteiger charge is -2.34. The zero-order chi connectivity index (χ0) is 18.7. The number of nitrogens with zero attached hydrogens (tertiary/aromatic N) is 5. The van der Waals surface area contributed by atoms with Crippen LogP contribution in [0.5, 0.6) is 0 Å². The molecule has 1 aromatic heterocycles. The summed E-state index contributed by atoms with van der Waals surface area (Å²) in [5.74, 6) is -0.362. The Morgan fingerprint density at radius 2 is 2.00 bits per heavy atom. The summed E-state index contributed by atoms with van der Waals surface area (Å²) in [5, 5.41) is 15.3. The second kappa shape index (κ2) is 7.65. The van der Waals surface area contributed by atoms with Gasteiger partial charge in [-0.05, 0) is 19.4 Å². The number of aromatic nitrogens is 2. The molecular formula is C18H23N5O3. The first kappa shape index (κ1) is 18.1. The van der Waals surface area contributed by atoms with Gasteiger partial charge in [0.2, 0.25) is 5.69 Å². The zero-order valence-electron chi connectivity index (χ0n) is 15.1. The van der Waals surface area contributed by atoms with Crippen LogP contribution < -0.4 is 0 Å². The second-order valence-electron chi connectivity index (χ2n) is 6.53. The summed E-state index contributed by atoms with van der Waals surface area (Å²) in [6.45, 7) is 7.79. The molecule has 8 nitrogen and oxygen atoms in total. The van der Waals surface area contributed by atoms with Crippen LogP contribution in [0.2, 0.25) is 0 Å². The molecular weight excluding hydrogens is 334 g/mol. The zero-order valence-corrected chi connectivity index (χ0v) is 15.1. The third-order valence-corrected chi connectivity index (χ3v) is 4.61. The quantitative estimate of drug-likeness (QED) is 0.604. The van der Waals surface area contributed by atoms with Gasteiger partial charge in [-0.25, -0.2) is 0 Å². The number of rotatable bonds is 5. The number of aryl methyl sites for hydroxylation is 2. The molecule has 0 atom stereocenters. The van der Waals surface area contributed by atoms with E-state index in [1.165, 1.54) is 22.0 Å². The summed E-state index contributed by atoms with van der Waals surface area (Å²) in [6.07, 6.45) is 1.32. The fraction of sp³-hybridized carbons (Fsp3) is 0.444. The van der Waals surface area contributed by atoms with Gasteiger partial charge in [-0.3, -0.25) is 24.5 Å². The van der Waals surface area contributed by atoms with Crippen LogP contribution in [0.1, 0.15) is 28.5 Å². The Hall–Kier alpha value is -2.74. The standard InChI is InChI=1S/C18H23N5O3/c1-3-22-13-16(23(25)26)17(19-22)18(24)21-9-7-20(8-10-21)12-15-6-4-5-14(2)11-15/h4-6,11,13H,3,7-10,12H2,1-2H3. The van der Waals surface area contributed by atoms with Crippen LogP contribution in [0.15, 0.2) is 30.5 Å². The molecule has 1 aliphatic rings. The summed E-state index contributed by atoms with van der Waals surface area (Å²) < 4.78 is 1.43. The van der Waals surface area contributed by atoms with Crippen LogP contribution in [0, 0.1) is 17.0 Å². The molecule has 1 fully saturated rings. The fourth-order valence-corrected chi connectivity index (χ4v) is 3.19. The van der Waals surface area contributed by atoms with Crippen molar-refractivity contribution in [3.8, 4) is 0 Å². The normalized spacial score (nSPS) is 15.2. The van der Waals surface area contributed by atoms with Gasteiger partial charge in [0.15, 0.2) is 0 Å². The van der Waals surface area contributed by atoms with Gasteiger partial charge < -0.3 is 4.90 Å². The highest BCUT2D eigenvalue weighted by Gasteiger charge is 2.31. The van der Waals surface area contributed by atoms with E-state index >= 15 is 0 Å². The lowest BCUT2D eigenvalue weighted by atomic mass is 10.1. The highest BCUT2D eigenvalue weighted by atomic mass is 16.6. The largest absolute Gasteiger partial charge is 0.334 e. The number of carbonyl (C=O) groups is 1. The fourth-order valence-electron chi connectivity index (χ4n) is 3.19. The first-order chi connectivity index (χ1) is 12.5. The van der Waals surface area contributed by atoms with E-state index in [1.807, 2.05) is 13.0 Å². The smallest absolute Gasteiger partial charge is 0.320 e. The molecule has 1 amide bonds. The number of benzene rings is 1. The van der Waals surface area contributed by atoms with Gasteiger partial charge in [0.05, 0.1) is 4.92 Å². The predicted molar refractivity (Wildman–Crippen MR) is 96.9 cm³/mol. The van der Waals surface area contributed by atoms with Gasteiger partial charge >= 0.3 is 5.69 Å². The van der Waals surface area contributed by atoms with Crippen molar-refractivity contribution in [3.05, 3.63) is 57.4 Å². The maximum Gasteiger partial charge on any atom is 0.320 e. The Morgan fingerprint density at radius 3 is 2.62 bits per heavy atom. The monoisotopic (exact) mass is 357 g/mol. The van der Waals surface area contributed by atoms with E-state index in [1.54, 1.807) is 4.90 Å². The molecule has 8 heteroatoms. The van der Waals surface area contributed by atoms with Crippen molar-refractivity contribution < 1.29 is 9.72 Å². The Kier molecular flexibility index (Phi) is 5.32. The van der Waals surface area contributed by atoms with Crippen molar-refractivity contribution in [2.24, 2.45) is 0 Å². The summed E-state index contributed by atoms with van der Waals surface area (Å²) in [7, 11) is 0. The van der Waals surface area contributed by atoms with Gasteiger partial charge in [-0.1, -0.05) is 29.8 Å². The first-order valence-corrected chi connectivity index (χ1v) is 8.77. The maximum atomic E-state index is 12.7. The van der Waals surface area contributed by atoms with E-state index in [-0.39, 0.29) is 17.3 Å². The average Bonchev–Trinajstić information content (AvgIpc) is 3.07. The van der Waals surface area contributed by atoms with Gasteiger partial charge in [-0.15, -0.1) is 0 Å². The molecule has 26 heavy (non-hydrogen) atoms. The number of hydrogen-bond donors (Lipinski definition) is 0. The molecule has 3 rings (SSSR count). The highest BCUT2D eigenvalue weighted by molar-refractivity contribution is 5.96. The number of piperazine rings is 1. The van der Waals surface area contributed by atoms with Crippen molar-refractivity contribution >= 4 is 11.6 Å².